The SMILES string of the molecule is O=C(Nc1ccc(Cl)cc1)[C@@H]1CC12CCC(c1ccnc3ccncc13)CC2. The molecule has 0 bridgehead atoms. The van der Waals surface area contributed by atoms with E-state index in [2.05, 4.69) is 21.4 Å². The first-order valence-corrected chi connectivity index (χ1v) is 10.3. The minimum Gasteiger partial charge on any atom is -0.326 e. The fourth-order valence-electron chi connectivity index (χ4n) is 4.90. The zero-order valence-corrected chi connectivity index (χ0v) is 16.3. The van der Waals surface area contributed by atoms with Crippen LogP contribution < -0.4 is 5.32 Å². The van der Waals surface area contributed by atoms with Gasteiger partial charge in [-0.15, -0.1) is 0 Å². The van der Waals surface area contributed by atoms with Crippen molar-refractivity contribution in [2.45, 2.75) is 38.0 Å². The number of amides is 1. The Bertz CT molecular complexity index is 1020. The average molecular weight is 392 g/mol. The van der Waals surface area contributed by atoms with Gasteiger partial charge in [-0.25, -0.2) is 0 Å². The van der Waals surface area contributed by atoms with Crippen LogP contribution in [-0.2, 0) is 4.79 Å². The first-order chi connectivity index (χ1) is 13.6. The van der Waals surface area contributed by atoms with Crippen LogP contribution in [0.2, 0.25) is 5.02 Å². The minimum absolute atomic E-state index is 0.139. The van der Waals surface area contributed by atoms with E-state index in [0.717, 1.165) is 43.3 Å². The van der Waals surface area contributed by atoms with Gasteiger partial charge < -0.3 is 5.32 Å². The van der Waals surface area contributed by atoms with Crippen LogP contribution in [-0.4, -0.2) is 15.9 Å². The summed E-state index contributed by atoms with van der Waals surface area (Å²) < 4.78 is 0. The molecule has 1 atom stereocenters. The van der Waals surface area contributed by atoms with Crippen LogP contribution in [0.5, 0.6) is 0 Å². The first kappa shape index (κ1) is 17.6. The highest BCUT2D eigenvalue weighted by molar-refractivity contribution is 6.30. The van der Waals surface area contributed by atoms with Crippen molar-refractivity contribution >= 4 is 34.1 Å². The molecule has 0 saturated heterocycles. The third-order valence-corrected chi connectivity index (χ3v) is 6.87. The summed E-state index contributed by atoms with van der Waals surface area (Å²) in [6.45, 7) is 0. The molecule has 2 saturated carbocycles. The highest BCUT2D eigenvalue weighted by atomic mass is 35.5. The number of rotatable bonds is 3. The number of carbonyl (C=O) groups is 1. The molecule has 5 rings (SSSR count). The van der Waals surface area contributed by atoms with Crippen LogP contribution in [0.4, 0.5) is 5.69 Å². The topological polar surface area (TPSA) is 54.9 Å². The summed E-state index contributed by atoms with van der Waals surface area (Å²) in [7, 11) is 0. The van der Waals surface area contributed by atoms with Gasteiger partial charge in [-0.1, -0.05) is 11.6 Å². The molecule has 4 nitrogen and oxygen atoms in total. The molecule has 2 aliphatic rings. The van der Waals surface area contributed by atoms with E-state index in [1.165, 1.54) is 10.9 Å². The van der Waals surface area contributed by atoms with Crippen LogP contribution in [0, 0.1) is 11.3 Å². The molecule has 1 spiro atoms. The molecule has 0 aliphatic heterocycles. The highest BCUT2D eigenvalue weighted by Gasteiger charge is 2.58. The van der Waals surface area contributed by atoms with Crippen molar-refractivity contribution in [1.29, 1.82) is 0 Å². The van der Waals surface area contributed by atoms with E-state index in [9.17, 15) is 4.79 Å². The molecule has 28 heavy (non-hydrogen) atoms. The van der Waals surface area contributed by atoms with Gasteiger partial charge in [0.05, 0.1) is 5.52 Å². The molecule has 1 amide bonds. The fourth-order valence-corrected chi connectivity index (χ4v) is 5.03. The Morgan fingerprint density at radius 1 is 1.07 bits per heavy atom. The molecule has 5 heteroatoms. The highest BCUT2D eigenvalue weighted by Crippen LogP contribution is 2.63. The van der Waals surface area contributed by atoms with Crippen LogP contribution in [0.1, 0.15) is 43.6 Å². The Labute approximate surface area is 169 Å². The molecule has 2 fully saturated rings. The average Bonchev–Trinajstić information content (AvgIpc) is 3.43. The number of anilines is 1. The fraction of sp³-hybridized carbons (Fsp3) is 0.348. The van der Waals surface area contributed by atoms with E-state index in [1.54, 1.807) is 18.3 Å². The van der Waals surface area contributed by atoms with Gasteiger partial charge in [-0.3, -0.25) is 14.8 Å². The summed E-state index contributed by atoms with van der Waals surface area (Å²) >= 11 is 5.92. The number of hydrogen-bond acceptors (Lipinski definition) is 3. The lowest BCUT2D eigenvalue weighted by Gasteiger charge is -2.30. The second-order valence-electron chi connectivity index (χ2n) is 8.18. The van der Waals surface area contributed by atoms with Gasteiger partial charge >= 0.3 is 0 Å². The van der Waals surface area contributed by atoms with Crippen molar-refractivity contribution in [2.24, 2.45) is 11.3 Å². The van der Waals surface area contributed by atoms with E-state index in [4.69, 9.17) is 11.6 Å². The van der Waals surface area contributed by atoms with Crippen LogP contribution >= 0.6 is 11.6 Å². The molecule has 2 heterocycles. The van der Waals surface area contributed by atoms with Gasteiger partial charge in [-0.05, 0) is 85.4 Å². The number of nitrogens with one attached hydrogen (secondary N) is 1. The summed E-state index contributed by atoms with van der Waals surface area (Å²) in [6, 6.07) is 11.4. The maximum atomic E-state index is 12.7. The van der Waals surface area contributed by atoms with Crippen molar-refractivity contribution in [3.05, 3.63) is 65.6 Å². The lowest BCUT2D eigenvalue weighted by atomic mass is 9.75. The summed E-state index contributed by atoms with van der Waals surface area (Å²) in [5.74, 6) is 0.820. The number of benzene rings is 1. The molecule has 2 aliphatic carbocycles. The number of aromatic nitrogens is 2. The van der Waals surface area contributed by atoms with Crippen molar-refractivity contribution < 1.29 is 4.79 Å². The van der Waals surface area contributed by atoms with Gasteiger partial charge in [0.2, 0.25) is 5.91 Å². The predicted octanol–water partition coefficient (Wildman–Crippen LogP) is 5.59. The van der Waals surface area contributed by atoms with Crippen molar-refractivity contribution in [3.63, 3.8) is 0 Å². The van der Waals surface area contributed by atoms with Crippen LogP contribution in [0.3, 0.4) is 0 Å². The summed E-state index contributed by atoms with van der Waals surface area (Å²) in [5.41, 5.74) is 3.39. The monoisotopic (exact) mass is 391 g/mol. The second kappa shape index (κ2) is 6.85. The predicted molar refractivity (Wildman–Crippen MR) is 111 cm³/mol. The van der Waals surface area contributed by atoms with Crippen LogP contribution in [0.25, 0.3) is 10.9 Å². The molecule has 3 aromatic rings. The maximum Gasteiger partial charge on any atom is 0.228 e. The second-order valence-corrected chi connectivity index (χ2v) is 8.62. The normalized spacial score (nSPS) is 26.3. The Kier molecular flexibility index (Phi) is 4.31. The largest absolute Gasteiger partial charge is 0.326 e. The van der Waals surface area contributed by atoms with Crippen molar-refractivity contribution in [2.75, 3.05) is 5.32 Å². The maximum absolute atomic E-state index is 12.7. The van der Waals surface area contributed by atoms with Gasteiger partial charge in [0, 0.05) is 40.6 Å². The lowest BCUT2D eigenvalue weighted by Crippen LogP contribution is -2.22. The molecule has 1 N–H and O–H groups in total. The van der Waals surface area contributed by atoms with Gasteiger partial charge in [0.1, 0.15) is 0 Å². The Morgan fingerprint density at radius 2 is 1.86 bits per heavy atom. The number of pyridine rings is 2. The Balaban J connectivity index is 1.25. The first-order valence-electron chi connectivity index (χ1n) is 9.90. The zero-order valence-electron chi connectivity index (χ0n) is 15.6. The molecular weight excluding hydrogens is 370 g/mol. The third-order valence-electron chi connectivity index (χ3n) is 6.62. The van der Waals surface area contributed by atoms with Crippen molar-refractivity contribution in [3.8, 4) is 0 Å². The number of hydrogen-bond donors (Lipinski definition) is 1. The van der Waals surface area contributed by atoms with Gasteiger partial charge in [0.15, 0.2) is 0 Å². The standard InChI is InChI=1S/C23H22ClN3O/c24-16-1-3-17(4-2-16)27-22(28)20-13-23(20)9-5-15(6-10-23)18-7-12-26-21-8-11-25-14-19(18)21/h1-4,7-8,11-12,14-15,20H,5-6,9-10,13H2,(H,27,28)/t15?,20-,23?/m0/s1. The number of carbonyl (C=O) groups excluding carboxylic acids is 1. The molecule has 142 valence electrons. The van der Waals surface area contributed by atoms with E-state index in [-0.39, 0.29) is 17.2 Å². The quantitative estimate of drug-likeness (QED) is 0.633. The van der Waals surface area contributed by atoms with Crippen LogP contribution in [0.15, 0.2) is 55.0 Å². The number of fused-ring (bicyclic) bond motifs is 1. The lowest BCUT2D eigenvalue weighted by molar-refractivity contribution is -0.118. The van der Waals surface area contributed by atoms with E-state index in [1.807, 2.05) is 30.6 Å². The van der Waals surface area contributed by atoms with E-state index < -0.39 is 0 Å². The van der Waals surface area contributed by atoms with E-state index >= 15 is 0 Å². The van der Waals surface area contributed by atoms with Crippen molar-refractivity contribution in [1.82, 2.24) is 9.97 Å². The smallest absolute Gasteiger partial charge is 0.228 e. The van der Waals surface area contributed by atoms with E-state index in [0.29, 0.717) is 10.9 Å². The summed E-state index contributed by atoms with van der Waals surface area (Å²) in [5, 5.41) is 4.90. The molecule has 1 aromatic carbocycles. The Morgan fingerprint density at radius 3 is 2.64 bits per heavy atom. The van der Waals surface area contributed by atoms with Gasteiger partial charge in [-0.2, -0.15) is 0 Å². The molecule has 0 unspecified atom stereocenters. The summed E-state index contributed by atoms with van der Waals surface area (Å²) in [4.78, 5) is 21.4. The molecule has 2 aromatic heterocycles. The number of halogens is 1. The summed E-state index contributed by atoms with van der Waals surface area (Å²) in [6.07, 6.45) is 11.1. The molecule has 0 radical (unpaired) electrons. The zero-order chi connectivity index (χ0) is 19.1. The van der Waals surface area contributed by atoms with Gasteiger partial charge in [0.25, 0.3) is 0 Å². The number of nitrogens with zero attached hydrogens (tertiary/aromatic N) is 2. The molecular formula is C23H22ClN3O. The minimum atomic E-state index is 0.139. The Hall–Kier alpha value is -2.46. The third kappa shape index (κ3) is 3.16.